The van der Waals surface area contributed by atoms with Crippen molar-refractivity contribution in [3.05, 3.63) is 164 Å². The molecule has 3 aromatic heterocycles. The maximum Gasteiger partial charge on any atom is 0.164 e. The van der Waals surface area contributed by atoms with Gasteiger partial charge < -0.3 is 8.83 Å². The molecule has 10 aromatic rings. The van der Waals surface area contributed by atoms with Gasteiger partial charge in [-0.1, -0.05) is 133 Å². The van der Waals surface area contributed by atoms with Crippen molar-refractivity contribution in [1.29, 1.82) is 0 Å². The average molecular weight is 642 g/mol. The highest BCUT2D eigenvalue weighted by Crippen LogP contribution is 2.43. The predicted molar refractivity (Wildman–Crippen MR) is 202 cm³/mol. The van der Waals surface area contributed by atoms with Gasteiger partial charge in [0.15, 0.2) is 17.5 Å². The largest absolute Gasteiger partial charge is 0.456 e. The zero-order valence-corrected chi connectivity index (χ0v) is 26.7. The summed E-state index contributed by atoms with van der Waals surface area (Å²) in [6.45, 7) is 0. The molecule has 0 aliphatic carbocycles. The molecule has 0 unspecified atom stereocenters. The maximum absolute atomic E-state index is 6.61. The summed E-state index contributed by atoms with van der Waals surface area (Å²) in [6, 6.07) is 55.6. The summed E-state index contributed by atoms with van der Waals surface area (Å²) in [6.07, 6.45) is 0. The van der Waals surface area contributed by atoms with Crippen LogP contribution in [0, 0.1) is 0 Å². The molecule has 0 atom stereocenters. The molecule has 7 aromatic carbocycles. The van der Waals surface area contributed by atoms with Crippen LogP contribution in [0.2, 0.25) is 0 Å². The van der Waals surface area contributed by atoms with Crippen LogP contribution >= 0.6 is 0 Å². The Hall–Kier alpha value is -6.85. The summed E-state index contributed by atoms with van der Waals surface area (Å²) in [5, 5.41) is 4.31. The molecule has 5 nitrogen and oxygen atoms in total. The fourth-order valence-corrected chi connectivity index (χ4v) is 7.03. The first-order chi connectivity index (χ1) is 24.8. The summed E-state index contributed by atoms with van der Waals surface area (Å²) >= 11 is 0. The van der Waals surface area contributed by atoms with Crippen molar-refractivity contribution in [2.24, 2.45) is 0 Å². The minimum Gasteiger partial charge on any atom is -0.456 e. The molecule has 0 radical (unpaired) electrons. The molecular formula is C45H27N3O2. The van der Waals surface area contributed by atoms with E-state index in [4.69, 9.17) is 23.8 Å². The van der Waals surface area contributed by atoms with Gasteiger partial charge in [-0.25, -0.2) is 15.0 Å². The second-order valence-electron chi connectivity index (χ2n) is 12.4. The van der Waals surface area contributed by atoms with Gasteiger partial charge in [0.25, 0.3) is 0 Å². The van der Waals surface area contributed by atoms with Crippen LogP contribution in [-0.2, 0) is 0 Å². The Morgan fingerprint density at radius 3 is 1.62 bits per heavy atom. The minimum absolute atomic E-state index is 0.583. The van der Waals surface area contributed by atoms with E-state index in [1.54, 1.807) is 0 Å². The number of aromatic nitrogens is 3. The molecule has 5 heteroatoms. The van der Waals surface area contributed by atoms with Crippen LogP contribution in [-0.4, -0.2) is 15.0 Å². The summed E-state index contributed by atoms with van der Waals surface area (Å²) in [5.74, 6) is 1.81. The molecule has 0 bridgehead atoms. The van der Waals surface area contributed by atoms with Gasteiger partial charge in [-0.3, -0.25) is 0 Å². The number of rotatable bonds is 5. The fourth-order valence-electron chi connectivity index (χ4n) is 7.03. The van der Waals surface area contributed by atoms with Crippen LogP contribution < -0.4 is 0 Å². The maximum atomic E-state index is 6.61. The molecule has 0 N–H and O–H groups in total. The SMILES string of the molecule is c1ccc(-c2nc(-c3ccccc3)nc(-c3ccc(-c4cccc5oc6ccccc6c45)cc3-c3cccc4c3oc3ccccc34)n2)cc1. The van der Waals surface area contributed by atoms with Gasteiger partial charge in [0.05, 0.1) is 0 Å². The standard InChI is InChI=1S/C45H27N3O2/c1-3-13-28(14-4-1)43-46-44(29-15-5-2-6-16-29)48-45(47-43)35-26-25-30(31-19-12-24-40-41(31)36-18-8-10-23-39(36)49-40)27-37(35)34-21-11-20-33-32-17-7-9-22-38(32)50-42(33)34/h1-27H. The zero-order chi connectivity index (χ0) is 33.0. The first kappa shape index (κ1) is 28.2. The van der Waals surface area contributed by atoms with Crippen LogP contribution in [0.3, 0.4) is 0 Å². The van der Waals surface area contributed by atoms with Crippen LogP contribution in [0.1, 0.15) is 0 Å². The molecule has 50 heavy (non-hydrogen) atoms. The third kappa shape index (κ3) is 4.60. The number of para-hydroxylation sites is 3. The Morgan fingerprint density at radius 2 is 0.880 bits per heavy atom. The van der Waals surface area contributed by atoms with Crippen LogP contribution in [0.15, 0.2) is 173 Å². The summed E-state index contributed by atoms with van der Waals surface area (Å²) < 4.78 is 12.9. The van der Waals surface area contributed by atoms with E-state index in [1.807, 2.05) is 97.1 Å². The molecule has 10 rings (SSSR count). The second kappa shape index (κ2) is 11.4. The molecule has 0 spiro atoms. The molecular weight excluding hydrogens is 615 g/mol. The van der Waals surface area contributed by atoms with Gasteiger partial charge >= 0.3 is 0 Å². The third-order valence-electron chi connectivity index (χ3n) is 9.37. The zero-order valence-electron chi connectivity index (χ0n) is 26.7. The first-order valence-electron chi connectivity index (χ1n) is 16.6. The lowest BCUT2D eigenvalue weighted by Crippen LogP contribution is -2.01. The van der Waals surface area contributed by atoms with Gasteiger partial charge in [0.1, 0.15) is 22.3 Å². The Balaban J connectivity index is 1.27. The van der Waals surface area contributed by atoms with Gasteiger partial charge in [0.2, 0.25) is 0 Å². The van der Waals surface area contributed by atoms with Gasteiger partial charge in [0, 0.05) is 43.8 Å². The van der Waals surface area contributed by atoms with Crippen LogP contribution in [0.4, 0.5) is 0 Å². The number of fused-ring (bicyclic) bond motifs is 6. The van der Waals surface area contributed by atoms with E-state index in [9.17, 15) is 0 Å². The smallest absolute Gasteiger partial charge is 0.164 e. The summed E-state index contributed by atoms with van der Waals surface area (Å²) in [4.78, 5) is 15.2. The predicted octanol–water partition coefficient (Wildman–Crippen LogP) is 12.0. The van der Waals surface area contributed by atoms with Crippen LogP contribution in [0.5, 0.6) is 0 Å². The number of benzene rings is 7. The van der Waals surface area contributed by atoms with Gasteiger partial charge in [-0.05, 0) is 47.0 Å². The van der Waals surface area contributed by atoms with Crippen molar-refractivity contribution in [2.45, 2.75) is 0 Å². The van der Waals surface area contributed by atoms with E-state index in [1.165, 1.54) is 0 Å². The highest BCUT2D eigenvalue weighted by atomic mass is 16.3. The highest BCUT2D eigenvalue weighted by Gasteiger charge is 2.21. The molecule has 0 saturated carbocycles. The van der Waals surface area contributed by atoms with Gasteiger partial charge in [-0.15, -0.1) is 0 Å². The topological polar surface area (TPSA) is 65.0 Å². The Labute approximate surface area is 287 Å². The molecule has 0 saturated heterocycles. The van der Waals surface area contributed by atoms with E-state index in [2.05, 4.69) is 66.7 Å². The van der Waals surface area contributed by atoms with E-state index < -0.39 is 0 Å². The van der Waals surface area contributed by atoms with Crippen molar-refractivity contribution in [1.82, 2.24) is 15.0 Å². The minimum atomic E-state index is 0.583. The monoisotopic (exact) mass is 641 g/mol. The number of nitrogens with zero attached hydrogens (tertiary/aromatic N) is 3. The number of hydrogen-bond acceptors (Lipinski definition) is 5. The highest BCUT2D eigenvalue weighted by molar-refractivity contribution is 6.14. The average Bonchev–Trinajstić information content (AvgIpc) is 3.77. The molecule has 234 valence electrons. The number of hydrogen-bond donors (Lipinski definition) is 0. The second-order valence-corrected chi connectivity index (χ2v) is 12.4. The van der Waals surface area contributed by atoms with E-state index >= 15 is 0 Å². The lowest BCUT2D eigenvalue weighted by molar-refractivity contribution is 0.669. The molecule has 0 aliphatic heterocycles. The quantitative estimate of drug-likeness (QED) is 0.187. The first-order valence-corrected chi connectivity index (χ1v) is 16.6. The van der Waals surface area contributed by atoms with Gasteiger partial charge in [-0.2, -0.15) is 0 Å². The lowest BCUT2D eigenvalue weighted by Gasteiger charge is -2.15. The fraction of sp³-hybridized carbons (Fsp3) is 0. The summed E-state index contributed by atoms with van der Waals surface area (Å²) in [5.41, 5.74) is 10.2. The van der Waals surface area contributed by atoms with Crippen molar-refractivity contribution in [3.63, 3.8) is 0 Å². The molecule has 3 heterocycles. The molecule has 0 amide bonds. The van der Waals surface area contributed by atoms with E-state index in [0.29, 0.717) is 17.5 Å². The number of furan rings is 2. The Kier molecular flexibility index (Phi) is 6.42. The van der Waals surface area contributed by atoms with Crippen LogP contribution in [0.25, 0.3) is 100 Å². The van der Waals surface area contributed by atoms with Crippen molar-refractivity contribution >= 4 is 43.9 Å². The van der Waals surface area contributed by atoms with E-state index in [0.717, 1.165) is 82.8 Å². The van der Waals surface area contributed by atoms with Crippen molar-refractivity contribution in [3.8, 4) is 56.4 Å². The Morgan fingerprint density at radius 1 is 0.320 bits per heavy atom. The van der Waals surface area contributed by atoms with Crippen molar-refractivity contribution in [2.75, 3.05) is 0 Å². The molecule has 0 aliphatic rings. The molecule has 0 fully saturated rings. The Bertz CT molecular complexity index is 2810. The van der Waals surface area contributed by atoms with E-state index in [-0.39, 0.29) is 0 Å². The summed E-state index contributed by atoms with van der Waals surface area (Å²) in [7, 11) is 0. The lowest BCUT2D eigenvalue weighted by atomic mass is 9.91. The third-order valence-corrected chi connectivity index (χ3v) is 9.37. The normalized spacial score (nSPS) is 11.6. The van der Waals surface area contributed by atoms with Crippen molar-refractivity contribution < 1.29 is 8.83 Å².